The van der Waals surface area contributed by atoms with Gasteiger partial charge in [0.05, 0.1) is 4.90 Å². The number of halogens is 1. The van der Waals surface area contributed by atoms with E-state index in [0.29, 0.717) is 11.4 Å². The lowest BCUT2D eigenvalue weighted by Crippen LogP contribution is -2.35. The van der Waals surface area contributed by atoms with Crippen molar-refractivity contribution in [3.8, 4) is 0 Å². The van der Waals surface area contributed by atoms with Gasteiger partial charge in [0.1, 0.15) is 0 Å². The van der Waals surface area contributed by atoms with Crippen molar-refractivity contribution in [3.05, 3.63) is 29.3 Å². The van der Waals surface area contributed by atoms with Crippen molar-refractivity contribution in [1.29, 1.82) is 0 Å². The number of nitrogens with one attached hydrogen (secondary N) is 1. The topological polar surface area (TPSA) is 46.2 Å². The summed E-state index contributed by atoms with van der Waals surface area (Å²) in [5.41, 5.74) is 1.61. The first-order valence-corrected chi connectivity index (χ1v) is 8.41. The zero-order chi connectivity index (χ0) is 14.0. The van der Waals surface area contributed by atoms with Crippen molar-refractivity contribution < 1.29 is 8.42 Å². The summed E-state index contributed by atoms with van der Waals surface area (Å²) in [6.45, 7) is 8.12. The van der Waals surface area contributed by atoms with Crippen LogP contribution >= 0.6 is 15.9 Å². The summed E-state index contributed by atoms with van der Waals surface area (Å²) in [5.74, 6) is 0. The predicted molar refractivity (Wildman–Crippen MR) is 78.7 cm³/mol. The van der Waals surface area contributed by atoms with E-state index in [1.807, 2.05) is 39.8 Å². The van der Waals surface area contributed by atoms with Crippen LogP contribution < -0.4 is 4.72 Å². The number of alkyl halides is 1. The zero-order valence-electron chi connectivity index (χ0n) is 11.2. The van der Waals surface area contributed by atoms with Crippen molar-refractivity contribution in [2.45, 2.75) is 32.6 Å². The number of sulfonamides is 1. The summed E-state index contributed by atoms with van der Waals surface area (Å²) >= 11 is 3.39. The number of hydrogen-bond acceptors (Lipinski definition) is 2. The van der Waals surface area contributed by atoms with Gasteiger partial charge in [0.25, 0.3) is 0 Å². The first kappa shape index (κ1) is 15.7. The summed E-state index contributed by atoms with van der Waals surface area (Å²) in [7, 11) is -3.43. The third kappa shape index (κ3) is 4.07. The quantitative estimate of drug-likeness (QED) is 0.842. The molecule has 0 aliphatic heterocycles. The third-order valence-corrected chi connectivity index (χ3v) is 5.80. The van der Waals surface area contributed by atoms with Crippen LogP contribution in [0.2, 0.25) is 0 Å². The van der Waals surface area contributed by atoms with E-state index in [2.05, 4.69) is 20.7 Å². The van der Waals surface area contributed by atoms with E-state index in [-0.39, 0.29) is 5.41 Å². The lowest BCUT2D eigenvalue weighted by atomic mass is 9.98. The van der Waals surface area contributed by atoms with Gasteiger partial charge < -0.3 is 0 Å². The molecule has 0 unspecified atom stereocenters. The normalized spacial score (nSPS) is 12.7. The Morgan fingerprint density at radius 3 is 2.44 bits per heavy atom. The first-order chi connectivity index (χ1) is 8.18. The second kappa shape index (κ2) is 5.72. The maximum atomic E-state index is 12.2. The maximum absolute atomic E-state index is 12.2. The molecule has 0 heterocycles. The van der Waals surface area contributed by atoms with Gasteiger partial charge in [-0.3, -0.25) is 0 Å². The fourth-order valence-corrected chi connectivity index (χ4v) is 3.18. The largest absolute Gasteiger partial charge is 0.240 e. The summed E-state index contributed by atoms with van der Waals surface area (Å²) in [6.07, 6.45) is 0. The van der Waals surface area contributed by atoms with Gasteiger partial charge in [0, 0.05) is 11.9 Å². The molecule has 1 aromatic rings. The van der Waals surface area contributed by atoms with Crippen molar-refractivity contribution in [2.24, 2.45) is 5.41 Å². The van der Waals surface area contributed by atoms with E-state index >= 15 is 0 Å². The van der Waals surface area contributed by atoms with Crippen LogP contribution in [0.3, 0.4) is 0 Å². The Balaban J connectivity index is 2.97. The molecule has 0 radical (unpaired) electrons. The molecule has 3 nitrogen and oxygen atoms in total. The molecule has 0 saturated heterocycles. The number of aryl methyl sites for hydroxylation is 2. The monoisotopic (exact) mass is 333 g/mol. The van der Waals surface area contributed by atoms with Gasteiger partial charge in [-0.1, -0.05) is 41.9 Å². The molecule has 0 saturated carbocycles. The van der Waals surface area contributed by atoms with Crippen LogP contribution in [0, 0.1) is 19.3 Å². The molecule has 1 N–H and O–H groups in total. The summed E-state index contributed by atoms with van der Waals surface area (Å²) < 4.78 is 27.2. The molecular weight excluding hydrogens is 314 g/mol. The highest BCUT2D eigenvalue weighted by Crippen LogP contribution is 2.20. The Labute approximate surface area is 118 Å². The van der Waals surface area contributed by atoms with Gasteiger partial charge in [-0.2, -0.15) is 0 Å². The van der Waals surface area contributed by atoms with Crippen LogP contribution in [0.4, 0.5) is 0 Å². The van der Waals surface area contributed by atoms with Crippen LogP contribution in [0.15, 0.2) is 23.1 Å². The molecule has 0 aromatic heterocycles. The first-order valence-electron chi connectivity index (χ1n) is 5.81. The lowest BCUT2D eigenvalue weighted by molar-refractivity contribution is 0.420. The van der Waals surface area contributed by atoms with Gasteiger partial charge in [0.15, 0.2) is 0 Å². The fourth-order valence-electron chi connectivity index (χ4n) is 1.41. The number of rotatable bonds is 5. The number of hydrogen-bond donors (Lipinski definition) is 1. The van der Waals surface area contributed by atoms with Gasteiger partial charge in [-0.05, 0) is 36.5 Å². The molecule has 102 valence electrons. The highest BCUT2D eigenvalue weighted by molar-refractivity contribution is 9.09. The van der Waals surface area contributed by atoms with Crippen LogP contribution in [0.5, 0.6) is 0 Å². The zero-order valence-corrected chi connectivity index (χ0v) is 13.7. The Hall–Kier alpha value is -0.390. The Kier molecular flexibility index (Phi) is 4.98. The molecule has 0 aliphatic rings. The molecule has 1 rings (SSSR count). The van der Waals surface area contributed by atoms with Crippen LogP contribution in [-0.2, 0) is 10.0 Å². The van der Waals surface area contributed by atoms with Gasteiger partial charge >= 0.3 is 0 Å². The summed E-state index contributed by atoms with van der Waals surface area (Å²) in [6, 6.07) is 5.45. The van der Waals surface area contributed by atoms with Crippen molar-refractivity contribution in [3.63, 3.8) is 0 Å². The van der Waals surface area contributed by atoms with Gasteiger partial charge in [-0.25, -0.2) is 13.1 Å². The van der Waals surface area contributed by atoms with Crippen LogP contribution in [-0.4, -0.2) is 20.3 Å². The average molecular weight is 334 g/mol. The number of benzene rings is 1. The lowest BCUT2D eigenvalue weighted by Gasteiger charge is -2.22. The molecule has 0 fully saturated rings. The summed E-state index contributed by atoms with van der Waals surface area (Å²) in [4.78, 5) is 0.368. The fraction of sp³-hybridized carbons (Fsp3) is 0.538. The van der Waals surface area contributed by atoms with E-state index in [4.69, 9.17) is 0 Å². The minimum atomic E-state index is -3.43. The Bertz CT molecular complexity index is 524. The van der Waals surface area contributed by atoms with E-state index in [0.717, 1.165) is 16.5 Å². The van der Waals surface area contributed by atoms with E-state index < -0.39 is 10.0 Å². The SMILES string of the molecule is Cc1ccc(C)c(S(=O)(=O)NCC(C)(C)CBr)c1. The molecule has 0 amide bonds. The van der Waals surface area contributed by atoms with Crippen LogP contribution in [0.1, 0.15) is 25.0 Å². The Morgan fingerprint density at radius 1 is 1.28 bits per heavy atom. The maximum Gasteiger partial charge on any atom is 0.240 e. The second-order valence-corrected chi connectivity index (χ2v) is 7.69. The molecule has 0 atom stereocenters. The Morgan fingerprint density at radius 2 is 1.89 bits per heavy atom. The predicted octanol–water partition coefficient (Wildman–Crippen LogP) is 3.00. The highest BCUT2D eigenvalue weighted by Gasteiger charge is 2.22. The standard InChI is InChI=1S/C13H20BrNO2S/c1-10-5-6-11(2)12(7-10)18(16,17)15-9-13(3,4)8-14/h5-7,15H,8-9H2,1-4H3. The highest BCUT2D eigenvalue weighted by atomic mass is 79.9. The molecule has 5 heteroatoms. The molecule has 0 aliphatic carbocycles. The van der Waals surface area contributed by atoms with Crippen molar-refractivity contribution >= 4 is 26.0 Å². The van der Waals surface area contributed by atoms with Crippen molar-refractivity contribution in [1.82, 2.24) is 4.72 Å². The average Bonchev–Trinajstić information content (AvgIpc) is 2.30. The summed E-state index contributed by atoms with van der Waals surface area (Å²) in [5, 5.41) is 0.745. The van der Waals surface area contributed by atoms with Gasteiger partial charge in [-0.15, -0.1) is 0 Å². The smallest absolute Gasteiger partial charge is 0.211 e. The minimum Gasteiger partial charge on any atom is -0.211 e. The molecule has 1 aromatic carbocycles. The second-order valence-electron chi connectivity index (χ2n) is 5.39. The molecule has 0 bridgehead atoms. The third-order valence-electron chi connectivity index (χ3n) is 2.74. The molecular formula is C13H20BrNO2S. The minimum absolute atomic E-state index is 0.106. The van der Waals surface area contributed by atoms with Crippen LogP contribution in [0.25, 0.3) is 0 Å². The van der Waals surface area contributed by atoms with E-state index in [1.54, 1.807) is 6.07 Å². The van der Waals surface area contributed by atoms with E-state index in [1.165, 1.54) is 0 Å². The van der Waals surface area contributed by atoms with Gasteiger partial charge in [0.2, 0.25) is 10.0 Å². The molecule has 18 heavy (non-hydrogen) atoms. The van der Waals surface area contributed by atoms with Crippen molar-refractivity contribution in [2.75, 3.05) is 11.9 Å². The van der Waals surface area contributed by atoms with E-state index in [9.17, 15) is 8.42 Å². The molecule has 0 spiro atoms.